The van der Waals surface area contributed by atoms with Gasteiger partial charge in [-0.05, 0) is 24.5 Å². The van der Waals surface area contributed by atoms with Gasteiger partial charge in [-0.25, -0.2) is 0 Å². The summed E-state index contributed by atoms with van der Waals surface area (Å²) < 4.78 is 0. The third-order valence-electron chi connectivity index (χ3n) is 3.74. The van der Waals surface area contributed by atoms with Crippen molar-refractivity contribution in [3.8, 4) is 0 Å². The fourth-order valence-electron chi connectivity index (χ4n) is 2.46. The molecule has 4 heteroatoms. The molecule has 2 aliphatic rings. The summed E-state index contributed by atoms with van der Waals surface area (Å²) in [5.41, 5.74) is 1.25. The van der Waals surface area contributed by atoms with E-state index in [1.807, 2.05) is 17.2 Å². The molecule has 0 N–H and O–H groups in total. The van der Waals surface area contributed by atoms with Crippen LogP contribution in [0.4, 0.5) is 0 Å². The maximum atomic E-state index is 11.9. The van der Waals surface area contributed by atoms with Crippen molar-refractivity contribution in [3.05, 3.63) is 30.1 Å². The summed E-state index contributed by atoms with van der Waals surface area (Å²) in [6.07, 6.45) is 5.93. The molecule has 2 fully saturated rings. The van der Waals surface area contributed by atoms with Gasteiger partial charge in [0.1, 0.15) is 0 Å². The molecular formula is C14H19N3O. The molecule has 96 valence electrons. The van der Waals surface area contributed by atoms with Gasteiger partial charge in [-0.1, -0.05) is 6.07 Å². The highest BCUT2D eigenvalue weighted by Gasteiger charge is 2.34. The van der Waals surface area contributed by atoms with E-state index in [2.05, 4.69) is 16.0 Å². The zero-order chi connectivity index (χ0) is 12.4. The highest BCUT2D eigenvalue weighted by molar-refractivity contribution is 5.81. The van der Waals surface area contributed by atoms with E-state index in [1.54, 1.807) is 6.20 Å². The lowest BCUT2D eigenvalue weighted by Gasteiger charge is -2.34. The molecule has 0 bridgehead atoms. The van der Waals surface area contributed by atoms with E-state index in [4.69, 9.17) is 0 Å². The van der Waals surface area contributed by atoms with E-state index < -0.39 is 0 Å². The van der Waals surface area contributed by atoms with Gasteiger partial charge in [-0.2, -0.15) is 0 Å². The molecular weight excluding hydrogens is 226 g/mol. The van der Waals surface area contributed by atoms with Gasteiger partial charge in [0.05, 0.1) is 0 Å². The van der Waals surface area contributed by atoms with Gasteiger partial charge in [0.25, 0.3) is 0 Å². The van der Waals surface area contributed by atoms with Crippen LogP contribution in [0.25, 0.3) is 0 Å². The Hall–Kier alpha value is -1.42. The number of amides is 1. The molecule has 1 saturated carbocycles. The van der Waals surface area contributed by atoms with E-state index in [-0.39, 0.29) is 0 Å². The summed E-state index contributed by atoms with van der Waals surface area (Å²) in [7, 11) is 0. The van der Waals surface area contributed by atoms with E-state index >= 15 is 0 Å². The van der Waals surface area contributed by atoms with Gasteiger partial charge in [-0.15, -0.1) is 0 Å². The van der Waals surface area contributed by atoms with Crippen molar-refractivity contribution in [3.63, 3.8) is 0 Å². The molecule has 1 aliphatic heterocycles. The fraction of sp³-hybridized carbons (Fsp3) is 0.571. The molecule has 1 aliphatic carbocycles. The predicted molar refractivity (Wildman–Crippen MR) is 68.8 cm³/mol. The lowest BCUT2D eigenvalue weighted by Crippen LogP contribution is -2.48. The summed E-state index contributed by atoms with van der Waals surface area (Å²) in [6.45, 7) is 4.67. The van der Waals surface area contributed by atoms with Crippen LogP contribution >= 0.6 is 0 Å². The Morgan fingerprint density at radius 2 is 2.06 bits per heavy atom. The van der Waals surface area contributed by atoms with Crippen molar-refractivity contribution in [1.82, 2.24) is 14.8 Å². The smallest absolute Gasteiger partial charge is 0.225 e. The third kappa shape index (κ3) is 2.70. The molecule has 0 spiro atoms. The first-order chi connectivity index (χ1) is 8.83. The van der Waals surface area contributed by atoms with Gasteiger partial charge in [0, 0.05) is 51.0 Å². The minimum absolute atomic E-state index is 0.356. The van der Waals surface area contributed by atoms with Crippen molar-refractivity contribution in [2.75, 3.05) is 26.2 Å². The molecule has 2 heterocycles. The molecule has 1 aromatic rings. The molecule has 18 heavy (non-hydrogen) atoms. The van der Waals surface area contributed by atoms with Crippen molar-refractivity contribution in [1.29, 1.82) is 0 Å². The van der Waals surface area contributed by atoms with Crippen LogP contribution in [0, 0.1) is 5.92 Å². The lowest BCUT2D eigenvalue weighted by molar-refractivity contribution is -0.134. The molecule has 0 atom stereocenters. The number of hydrogen-bond donors (Lipinski definition) is 0. The monoisotopic (exact) mass is 245 g/mol. The second kappa shape index (κ2) is 5.06. The lowest BCUT2D eigenvalue weighted by atomic mass is 10.2. The number of aromatic nitrogens is 1. The molecule has 1 aromatic heterocycles. The Bertz CT molecular complexity index is 408. The summed E-state index contributed by atoms with van der Waals surface area (Å²) in [6, 6.07) is 4.08. The van der Waals surface area contributed by atoms with Gasteiger partial charge in [0.2, 0.25) is 5.91 Å². The van der Waals surface area contributed by atoms with Crippen LogP contribution in [0.15, 0.2) is 24.5 Å². The van der Waals surface area contributed by atoms with E-state index in [9.17, 15) is 4.79 Å². The van der Waals surface area contributed by atoms with Gasteiger partial charge >= 0.3 is 0 Å². The average molecular weight is 245 g/mol. The fourth-order valence-corrected chi connectivity index (χ4v) is 2.46. The number of carbonyl (C=O) groups is 1. The molecule has 0 unspecified atom stereocenters. The van der Waals surface area contributed by atoms with Crippen molar-refractivity contribution >= 4 is 5.91 Å². The molecule has 1 amide bonds. The minimum Gasteiger partial charge on any atom is -0.340 e. The van der Waals surface area contributed by atoms with Crippen LogP contribution in [-0.2, 0) is 11.3 Å². The van der Waals surface area contributed by atoms with E-state index in [0.717, 1.165) is 45.6 Å². The van der Waals surface area contributed by atoms with Crippen LogP contribution in [-0.4, -0.2) is 46.9 Å². The quantitative estimate of drug-likeness (QED) is 0.801. The second-order valence-corrected chi connectivity index (χ2v) is 5.24. The third-order valence-corrected chi connectivity index (χ3v) is 3.74. The zero-order valence-electron chi connectivity index (χ0n) is 10.6. The maximum Gasteiger partial charge on any atom is 0.225 e. The van der Waals surface area contributed by atoms with E-state index in [1.165, 1.54) is 5.56 Å². The highest BCUT2D eigenvalue weighted by Crippen LogP contribution is 2.31. The van der Waals surface area contributed by atoms with Gasteiger partial charge in [-0.3, -0.25) is 14.7 Å². The van der Waals surface area contributed by atoms with Crippen molar-refractivity contribution < 1.29 is 4.79 Å². The molecule has 1 saturated heterocycles. The second-order valence-electron chi connectivity index (χ2n) is 5.24. The summed E-state index contributed by atoms with van der Waals surface area (Å²) in [5, 5.41) is 0. The minimum atomic E-state index is 0.356. The first-order valence-corrected chi connectivity index (χ1v) is 6.73. The number of pyridine rings is 1. The van der Waals surface area contributed by atoms with Crippen LogP contribution in [0.2, 0.25) is 0 Å². The Labute approximate surface area is 108 Å². The van der Waals surface area contributed by atoms with Gasteiger partial charge < -0.3 is 4.90 Å². The Kier molecular flexibility index (Phi) is 3.28. The van der Waals surface area contributed by atoms with Crippen LogP contribution in [0.5, 0.6) is 0 Å². The zero-order valence-corrected chi connectivity index (χ0v) is 10.6. The largest absolute Gasteiger partial charge is 0.340 e. The Morgan fingerprint density at radius 3 is 2.67 bits per heavy atom. The number of carbonyl (C=O) groups excluding carboxylic acids is 1. The first-order valence-electron chi connectivity index (χ1n) is 6.73. The standard InChI is InChI=1S/C14H19N3O/c18-14(13-3-4-13)17-8-6-16(7-9-17)11-12-2-1-5-15-10-12/h1-2,5,10,13H,3-4,6-9,11H2. The number of piperazine rings is 1. The summed E-state index contributed by atoms with van der Waals surface area (Å²) in [4.78, 5) is 20.5. The molecule has 3 rings (SSSR count). The SMILES string of the molecule is O=C(C1CC1)N1CCN(Cc2cccnc2)CC1. The highest BCUT2D eigenvalue weighted by atomic mass is 16.2. The normalized spacial score (nSPS) is 21.0. The molecule has 0 aromatic carbocycles. The first kappa shape index (κ1) is 11.7. The Morgan fingerprint density at radius 1 is 1.28 bits per heavy atom. The number of nitrogens with zero attached hydrogens (tertiary/aromatic N) is 3. The summed E-state index contributed by atoms with van der Waals surface area (Å²) >= 11 is 0. The van der Waals surface area contributed by atoms with Crippen LogP contribution < -0.4 is 0 Å². The van der Waals surface area contributed by atoms with Crippen molar-refractivity contribution in [2.45, 2.75) is 19.4 Å². The Balaban J connectivity index is 1.49. The predicted octanol–water partition coefficient (Wildman–Crippen LogP) is 1.14. The molecule has 0 radical (unpaired) electrons. The topological polar surface area (TPSA) is 36.4 Å². The average Bonchev–Trinajstić information content (AvgIpc) is 3.24. The number of rotatable bonds is 3. The molecule has 4 nitrogen and oxygen atoms in total. The number of hydrogen-bond acceptors (Lipinski definition) is 3. The van der Waals surface area contributed by atoms with E-state index in [0.29, 0.717) is 11.8 Å². The van der Waals surface area contributed by atoms with Gasteiger partial charge in [0.15, 0.2) is 0 Å². The van der Waals surface area contributed by atoms with Crippen LogP contribution in [0.1, 0.15) is 18.4 Å². The summed E-state index contributed by atoms with van der Waals surface area (Å²) in [5.74, 6) is 0.742. The van der Waals surface area contributed by atoms with Crippen molar-refractivity contribution in [2.24, 2.45) is 5.92 Å². The maximum absolute atomic E-state index is 11.9. The van der Waals surface area contributed by atoms with Crippen LogP contribution in [0.3, 0.4) is 0 Å².